The third kappa shape index (κ3) is 4.37. The van der Waals surface area contributed by atoms with Crippen molar-refractivity contribution in [2.24, 2.45) is 0 Å². The van der Waals surface area contributed by atoms with E-state index in [4.69, 9.17) is 0 Å². The van der Waals surface area contributed by atoms with E-state index in [-0.39, 0.29) is 17.8 Å². The van der Waals surface area contributed by atoms with Crippen LogP contribution < -0.4 is 5.32 Å². The minimum absolute atomic E-state index is 0.144. The van der Waals surface area contributed by atoms with Crippen molar-refractivity contribution >= 4 is 50.6 Å². The number of rotatable bonds is 5. The molecule has 1 heterocycles. The molecule has 0 atom stereocenters. The van der Waals surface area contributed by atoms with Crippen LogP contribution in [0.2, 0.25) is 0 Å². The van der Waals surface area contributed by atoms with Gasteiger partial charge in [-0.3, -0.25) is 14.5 Å². The molecule has 0 unspecified atom stereocenters. The van der Waals surface area contributed by atoms with Crippen LogP contribution in [0.25, 0.3) is 6.08 Å². The Hall–Kier alpha value is -2.05. The zero-order chi connectivity index (χ0) is 18.7. The van der Waals surface area contributed by atoms with Crippen molar-refractivity contribution in [3.05, 3.63) is 69.0 Å². The van der Waals surface area contributed by atoms with Crippen molar-refractivity contribution < 1.29 is 9.59 Å². The van der Waals surface area contributed by atoms with Crippen molar-refractivity contribution in [3.8, 4) is 0 Å². The van der Waals surface area contributed by atoms with Crippen molar-refractivity contribution in [2.45, 2.75) is 19.8 Å². The van der Waals surface area contributed by atoms with E-state index in [1.807, 2.05) is 36.4 Å². The molecule has 2 amide bonds. The lowest BCUT2D eigenvalue weighted by molar-refractivity contribution is -0.122. The first-order valence-electron chi connectivity index (χ1n) is 8.29. The Morgan fingerprint density at radius 1 is 1.15 bits per heavy atom. The summed E-state index contributed by atoms with van der Waals surface area (Å²) in [6.45, 7) is 4.42. The number of hydrogen-bond donors (Lipinski definition) is 1. The van der Waals surface area contributed by atoms with Crippen molar-refractivity contribution in [3.63, 3.8) is 0 Å². The lowest BCUT2D eigenvalue weighted by Crippen LogP contribution is -2.33. The molecule has 2 aromatic rings. The Morgan fingerprint density at radius 3 is 2.54 bits per heavy atom. The standard InChI is InChI=1S/C20H19BrN2O2S/c1-13(2)15-8-6-14(7-9-15)10-18-19(24)23(20(25)26-18)12-22-17-5-3-4-16(21)11-17/h3-11,13,22H,12H2,1-2H3. The minimum Gasteiger partial charge on any atom is -0.367 e. The number of nitrogens with one attached hydrogen (secondary N) is 1. The van der Waals surface area contributed by atoms with E-state index in [1.165, 1.54) is 10.5 Å². The number of benzene rings is 2. The number of imide groups is 1. The first-order valence-corrected chi connectivity index (χ1v) is 9.90. The van der Waals surface area contributed by atoms with Gasteiger partial charge in [0.05, 0.1) is 11.6 Å². The highest BCUT2D eigenvalue weighted by molar-refractivity contribution is 9.10. The summed E-state index contributed by atoms with van der Waals surface area (Å²) in [5, 5.41) is 2.84. The van der Waals surface area contributed by atoms with E-state index in [0.29, 0.717) is 10.8 Å². The van der Waals surface area contributed by atoms with Crippen LogP contribution in [0.3, 0.4) is 0 Å². The van der Waals surface area contributed by atoms with Gasteiger partial charge in [0.2, 0.25) is 0 Å². The smallest absolute Gasteiger partial charge is 0.295 e. The Bertz CT molecular complexity index is 862. The van der Waals surface area contributed by atoms with Crippen LogP contribution in [0.5, 0.6) is 0 Å². The highest BCUT2D eigenvalue weighted by Crippen LogP contribution is 2.32. The van der Waals surface area contributed by atoms with Crippen LogP contribution in [-0.4, -0.2) is 22.7 Å². The third-order valence-corrected chi connectivity index (χ3v) is 5.44. The summed E-state index contributed by atoms with van der Waals surface area (Å²) in [6, 6.07) is 15.6. The van der Waals surface area contributed by atoms with Gasteiger partial charge in [-0.25, -0.2) is 0 Å². The van der Waals surface area contributed by atoms with E-state index in [2.05, 4.69) is 47.2 Å². The molecular weight excluding hydrogens is 412 g/mol. The van der Waals surface area contributed by atoms with Gasteiger partial charge in [0.15, 0.2) is 0 Å². The van der Waals surface area contributed by atoms with Gasteiger partial charge >= 0.3 is 0 Å². The first kappa shape index (κ1) is 18.7. The average Bonchev–Trinajstić information content (AvgIpc) is 2.87. The number of nitrogens with zero attached hydrogens (tertiary/aromatic N) is 1. The second-order valence-electron chi connectivity index (χ2n) is 6.28. The fraction of sp³-hybridized carbons (Fsp3) is 0.200. The van der Waals surface area contributed by atoms with Crippen LogP contribution >= 0.6 is 27.7 Å². The molecule has 1 aliphatic rings. The van der Waals surface area contributed by atoms with Gasteiger partial charge in [-0.05, 0) is 53.1 Å². The molecule has 0 bridgehead atoms. The van der Waals surface area contributed by atoms with E-state index in [1.54, 1.807) is 6.08 Å². The molecule has 0 aliphatic carbocycles. The normalized spacial score (nSPS) is 16.0. The first-order chi connectivity index (χ1) is 12.4. The molecular formula is C20H19BrN2O2S. The molecule has 6 heteroatoms. The second kappa shape index (κ2) is 8.10. The molecule has 0 saturated carbocycles. The number of hydrogen-bond acceptors (Lipinski definition) is 4. The summed E-state index contributed by atoms with van der Waals surface area (Å²) in [5.41, 5.74) is 3.00. The van der Waals surface area contributed by atoms with Crippen LogP contribution in [0.15, 0.2) is 57.9 Å². The second-order valence-corrected chi connectivity index (χ2v) is 8.19. The van der Waals surface area contributed by atoms with Gasteiger partial charge in [0.25, 0.3) is 11.1 Å². The Labute approximate surface area is 165 Å². The molecule has 1 N–H and O–H groups in total. The van der Waals surface area contributed by atoms with Gasteiger partial charge in [-0.15, -0.1) is 0 Å². The fourth-order valence-electron chi connectivity index (χ4n) is 2.53. The number of carbonyl (C=O) groups is 2. The SMILES string of the molecule is CC(C)c1ccc(C=C2SC(=O)N(CNc3cccc(Br)c3)C2=O)cc1. The highest BCUT2D eigenvalue weighted by atomic mass is 79.9. The molecule has 26 heavy (non-hydrogen) atoms. The van der Waals surface area contributed by atoms with Crippen LogP contribution in [0.1, 0.15) is 30.9 Å². The summed E-state index contributed by atoms with van der Waals surface area (Å²) >= 11 is 4.37. The maximum atomic E-state index is 12.6. The van der Waals surface area contributed by atoms with E-state index in [9.17, 15) is 9.59 Å². The Balaban J connectivity index is 1.69. The molecule has 1 aliphatic heterocycles. The maximum Gasteiger partial charge on any atom is 0.295 e. The maximum absolute atomic E-state index is 12.6. The van der Waals surface area contributed by atoms with Crippen molar-refractivity contribution in [1.29, 1.82) is 0 Å². The summed E-state index contributed by atoms with van der Waals surface area (Å²) in [5.74, 6) is 0.191. The van der Waals surface area contributed by atoms with Crippen LogP contribution in [0.4, 0.5) is 10.5 Å². The molecule has 0 spiro atoms. The molecule has 2 aromatic carbocycles. The minimum atomic E-state index is -0.268. The lowest BCUT2D eigenvalue weighted by atomic mass is 10.0. The number of thioether (sulfide) groups is 1. The van der Waals surface area contributed by atoms with Gasteiger partial charge in [0, 0.05) is 10.2 Å². The monoisotopic (exact) mass is 430 g/mol. The Morgan fingerprint density at radius 2 is 1.88 bits per heavy atom. The average molecular weight is 431 g/mol. The van der Waals surface area contributed by atoms with Crippen molar-refractivity contribution in [1.82, 2.24) is 4.90 Å². The van der Waals surface area contributed by atoms with Gasteiger partial charge in [-0.1, -0.05) is 60.1 Å². The molecule has 1 saturated heterocycles. The summed E-state index contributed by atoms with van der Waals surface area (Å²) < 4.78 is 0.932. The van der Waals surface area contributed by atoms with Gasteiger partial charge < -0.3 is 5.32 Å². The van der Waals surface area contributed by atoms with Gasteiger partial charge in [-0.2, -0.15) is 0 Å². The lowest BCUT2D eigenvalue weighted by Gasteiger charge is -2.14. The molecule has 3 rings (SSSR count). The predicted molar refractivity (Wildman–Crippen MR) is 111 cm³/mol. The number of amides is 2. The van der Waals surface area contributed by atoms with Crippen LogP contribution in [0, 0.1) is 0 Å². The molecule has 1 fully saturated rings. The van der Waals surface area contributed by atoms with E-state index in [0.717, 1.165) is 27.5 Å². The number of carbonyl (C=O) groups excluding carboxylic acids is 2. The van der Waals surface area contributed by atoms with E-state index < -0.39 is 0 Å². The zero-order valence-corrected chi connectivity index (χ0v) is 16.9. The summed E-state index contributed by atoms with van der Waals surface area (Å²) in [7, 11) is 0. The topological polar surface area (TPSA) is 49.4 Å². The molecule has 0 aromatic heterocycles. The zero-order valence-electron chi connectivity index (χ0n) is 14.5. The predicted octanol–water partition coefficient (Wildman–Crippen LogP) is 5.68. The fourth-order valence-corrected chi connectivity index (χ4v) is 3.77. The summed E-state index contributed by atoms with van der Waals surface area (Å²) in [6.07, 6.45) is 1.77. The molecule has 0 radical (unpaired) electrons. The van der Waals surface area contributed by atoms with Gasteiger partial charge in [0.1, 0.15) is 0 Å². The highest BCUT2D eigenvalue weighted by Gasteiger charge is 2.34. The molecule has 134 valence electrons. The van der Waals surface area contributed by atoms with Crippen molar-refractivity contribution in [2.75, 3.05) is 12.0 Å². The van der Waals surface area contributed by atoms with Crippen LogP contribution in [-0.2, 0) is 4.79 Å². The largest absolute Gasteiger partial charge is 0.367 e. The Kier molecular flexibility index (Phi) is 5.84. The third-order valence-electron chi connectivity index (χ3n) is 4.04. The quantitative estimate of drug-likeness (QED) is 0.619. The number of anilines is 1. The molecule has 4 nitrogen and oxygen atoms in total. The number of halogens is 1. The van der Waals surface area contributed by atoms with E-state index >= 15 is 0 Å². The summed E-state index contributed by atoms with van der Waals surface area (Å²) in [4.78, 5) is 26.4.